The quantitative estimate of drug-likeness (QED) is 0.777. The van der Waals surface area contributed by atoms with Crippen LogP contribution in [-0.2, 0) is 4.74 Å². The third-order valence-electron chi connectivity index (χ3n) is 2.35. The van der Waals surface area contributed by atoms with Crippen molar-refractivity contribution in [1.29, 1.82) is 0 Å². The molecule has 1 atom stereocenters. The Morgan fingerprint density at radius 2 is 2.31 bits per heavy atom. The molecule has 0 aromatic heterocycles. The first-order valence-electron chi connectivity index (χ1n) is 5.16. The minimum atomic E-state index is -0.0276. The van der Waals surface area contributed by atoms with Crippen molar-refractivity contribution in [2.45, 2.75) is 13.0 Å². The lowest BCUT2D eigenvalue weighted by atomic mass is 10.1. The Kier molecular flexibility index (Phi) is 3.10. The van der Waals surface area contributed by atoms with Gasteiger partial charge in [0.1, 0.15) is 17.6 Å². The van der Waals surface area contributed by atoms with Gasteiger partial charge in [0.25, 0.3) is 0 Å². The number of hydrogen-bond acceptors (Lipinski definition) is 4. The molecule has 0 spiro atoms. The van der Waals surface area contributed by atoms with Crippen molar-refractivity contribution >= 4 is 5.78 Å². The third-order valence-corrected chi connectivity index (χ3v) is 2.35. The summed E-state index contributed by atoms with van der Waals surface area (Å²) in [5, 5.41) is 0. The molecule has 0 fully saturated rings. The molecule has 4 nitrogen and oxygen atoms in total. The molecule has 86 valence electrons. The van der Waals surface area contributed by atoms with Gasteiger partial charge in [0, 0.05) is 13.2 Å². The largest absolute Gasteiger partial charge is 0.488 e. The van der Waals surface area contributed by atoms with Crippen LogP contribution >= 0.6 is 0 Å². The average molecular weight is 222 g/mol. The number of ether oxygens (including phenoxy) is 3. The van der Waals surface area contributed by atoms with E-state index in [0.29, 0.717) is 23.7 Å². The molecule has 0 N–H and O–H groups in total. The number of fused-ring (bicyclic) bond motifs is 1. The molecule has 1 heterocycles. The van der Waals surface area contributed by atoms with Crippen molar-refractivity contribution in [2.24, 2.45) is 0 Å². The monoisotopic (exact) mass is 222 g/mol. The summed E-state index contributed by atoms with van der Waals surface area (Å²) < 4.78 is 15.8. The van der Waals surface area contributed by atoms with E-state index < -0.39 is 0 Å². The van der Waals surface area contributed by atoms with E-state index in [-0.39, 0.29) is 18.5 Å². The zero-order chi connectivity index (χ0) is 11.5. The van der Waals surface area contributed by atoms with Crippen LogP contribution in [-0.4, -0.2) is 32.2 Å². The molecule has 0 amide bonds. The van der Waals surface area contributed by atoms with Gasteiger partial charge < -0.3 is 14.2 Å². The van der Waals surface area contributed by atoms with Crippen LogP contribution in [0, 0.1) is 0 Å². The van der Waals surface area contributed by atoms with Crippen molar-refractivity contribution in [3.8, 4) is 11.5 Å². The van der Waals surface area contributed by atoms with Gasteiger partial charge in [-0.15, -0.1) is 0 Å². The Hall–Kier alpha value is -1.55. The fourth-order valence-corrected chi connectivity index (χ4v) is 1.65. The Balaban J connectivity index is 2.10. The molecule has 16 heavy (non-hydrogen) atoms. The van der Waals surface area contributed by atoms with Gasteiger partial charge in [-0.25, -0.2) is 0 Å². The summed E-state index contributed by atoms with van der Waals surface area (Å²) in [6.07, 6.45) is -0.0276. The average Bonchev–Trinajstić information content (AvgIpc) is 2.60. The van der Waals surface area contributed by atoms with Crippen LogP contribution in [0.1, 0.15) is 17.3 Å². The number of benzene rings is 1. The fourth-order valence-electron chi connectivity index (χ4n) is 1.65. The number of ketones is 1. The maximum atomic E-state index is 11.3. The third kappa shape index (κ3) is 2.17. The van der Waals surface area contributed by atoms with Gasteiger partial charge in [0.2, 0.25) is 5.78 Å². The molecule has 0 bridgehead atoms. The van der Waals surface area contributed by atoms with E-state index in [4.69, 9.17) is 14.2 Å². The maximum Gasteiger partial charge on any atom is 0.203 e. The number of Topliss-reactive ketones (excluding diaryl/α,β-unsaturated/α-hetero) is 1. The number of rotatable bonds is 4. The molecule has 0 saturated heterocycles. The summed E-state index contributed by atoms with van der Waals surface area (Å²) in [4.78, 5) is 11.3. The van der Waals surface area contributed by atoms with Crippen LogP contribution in [0.5, 0.6) is 11.5 Å². The first kappa shape index (κ1) is 11.0. The second-order valence-electron chi connectivity index (χ2n) is 3.75. The summed E-state index contributed by atoms with van der Waals surface area (Å²) in [5.74, 6) is 1.32. The molecule has 0 saturated carbocycles. The van der Waals surface area contributed by atoms with Gasteiger partial charge >= 0.3 is 0 Å². The Morgan fingerprint density at radius 3 is 3.06 bits per heavy atom. The number of methoxy groups -OCH3 is 1. The molecule has 1 aliphatic heterocycles. The van der Waals surface area contributed by atoms with E-state index in [2.05, 4.69) is 0 Å². The first-order chi connectivity index (χ1) is 7.70. The second-order valence-corrected chi connectivity index (χ2v) is 3.75. The lowest BCUT2D eigenvalue weighted by Gasteiger charge is -2.13. The summed E-state index contributed by atoms with van der Waals surface area (Å²) in [6, 6.07) is 5.25. The van der Waals surface area contributed by atoms with Crippen molar-refractivity contribution < 1.29 is 19.0 Å². The summed E-state index contributed by atoms with van der Waals surface area (Å²) >= 11 is 0. The number of carbonyl (C=O) groups is 1. The van der Waals surface area contributed by atoms with Crippen LogP contribution in [0.3, 0.4) is 0 Å². The highest BCUT2D eigenvalue weighted by atomic mass is 16.5. The van der Waals surface area contributed by atoms with Crippen molar-refractivity contribution in [3.05, 3.63) is 23.8 Å². The Morgan fingerprint density at radius 1 is 1.50 bits per heavy atom. The van der Waals surface area contributed by atoms with Crippen LogP contribution in [0.25, 0.3) is 0 Å². The lowest BCUT2D eigenvalue weighted by molar-refractivity contribution is 0.0919. The van der Waals surface area contributed by atoms with E-state index in [9.17, 15) is 4.79 Å². The minimum Gasteiger partial charge on any atom is -0.488 e. The number of carbonyl (C=O) groups excluding carboxylic acids is 1. The number of hydrogen-bond donors (Lipinski definition) is 0. The smallest absolute Gasteiger partial charge is 0.203 e. The van der Waals surface area contributed by atoms with Gasteiger partial charge in [-0.05, 0) is 19.1 Å². The molecule has 1 aromatic carbocycles. The van der Waals surface area contributed by atoms with Gasteiger partial charge in [0.05, 0.1) is 12.2 Å². The zero-order valence-electron chi connectivity index (χ0n) is 9.36. The van der Waals surface area contributed by atoms with Crippen molar-refractivity contribution in [2.75, 3.05) is 20.3 Å². The second kappa shape index (κ2) is 4.53. The SMILES string of the molecule is COCC(C)Oc1ccc2c(c1)OCC2=O. The Bertz CT molecular complexity index is 400. The van der Waals surface area contributed by atoms with E-state index >= 15 is 0 Å². The maximum absolute atomic E-state index is 11.3. The van der Waals surface area contributed by atoms with Crippen LogP contribution in [0.15, 0.2) is 18.2 Å². The van der Waals surface area contributed by atoms with Gasteiger partial charge in [-0.1, -0.05) is 0 Å². The zero-order valence-corrected chi connectivity index (χ0v) is 9.36. The van der Waals surface area contributed by atoms with E-state index in [1.807, 2.05) is 6.92 Å². The molecule has 0 aliphatic carbocycles. The molecule has 1 aliphatic rings. The highest BCUT2D eigenvalue weighted by Gasteiger charge is 2.21. The highest BCUT2D eigenvalue weighted by molar-refractivity contribution is 6.02. The van der Waals surface area contributed by atoms with Crippen LogP contribution in [0.2, 0.25) is 0 Å². The van der Waals surface area contributed by atoms with E-state index in [0.717, 1.165) is 0 Å². The van der Waals surface area contributed by atoms with E-state index in [1.54, 1.807) is 25.3 Å². The predicted molar refractivity (Wildman–Crippen MR) is 58.2 cm³/mol. The standard InChI is InChI=1S/C12H14O4/c1-8(6-14-2)16-9-3-4-10-11(13)7-15-12(10)5-9/h3-5,8H,6-7H2,1-2H3. The molecule has 1 aromatic rings. The topological polar surface area (TPSA) is 44.8 Å². The molecule has 0 radical (unpaired) electrons. The minimum absolute atomic E-state index is 0.0199. The summed E-state index contributed by atoms with van der Waals surface area (Å²) in [6.45, 7) is 2.58. The van der Waals surface area contributed by atoms with Gasteiger partial charge in [-0.2, -0.15) is 0 Å². The van der Waals surface area contributed by atoms with Gasteiger partial charge in [0.15, 0.2) is 6.61 Å². The predicted octanol–water partition coefficient (Wildman–Crippen LogP) is 1.68. The van der Waals surface area contributed by atoms with E-state index in [1.165, 1.54) is 0 Å². The fraction of sp³-hybridized carbons (Fsp3) is 0.417. The molecule has 2 rings (SSSR count). The lowest BCUT2D eigenvalue weighted by Crippen LogP contribution is -2.17. The van der Waals surface area contributed by atoms with Crippen LogP contribution < -0.4 is 9.47 Å². The Labute approximate surface area is 94.1 Å². The van der Waals surface area contributed by atoms with Crippen LogP contribution in [0.4, 0.5) is 0 Å². The molecule has 1 unspecified atom stereocenters. The molecule has 4 heteroatoms. The summed E-state index contributed by atoms with van der Waals surface area (Å²) in [5.41, 5.74) is 0.631. The molecular weight excluding hydrogens is 208 g/mol. The normalized spacial score (nSPS) is 15.5. The van der Waals surface area contributed by atoms with Crippen molar-refractivity contribution in [3.63, 3.8) is 0 Å². The summed E-state index contributed by atoms with van der Waals surface area (Å²) in [7, 11) is 1.63. The highest BCUT2D eigenvalue weighted by Crippen LogP contribution is 2.29. The van der Waals surface area contributed by atoms with Crippen molar-refractivity contribution in [1.82, 2.24) is 0 Å². The van der Waals surface area contributed by atoms with Gasteiger partial charge in [-0.3, -0.25) is 4.79 Å². The first-order valence-corrected chi connectivity index (χ1v) is 5.16. The molecular formula is C12H14O4.